The summed E-state index contributed by atoms with van der Waals surface area (Å²) in [6.07, 6.45) is 1.64. The molecule has 0 aliphatic heterocycles. The van der Waals surface area contributed by atoms with Crippen molar-refractivity contribution in [2.45, 2.75) is 45.6 Å². The number of carbonyl (C=O) groups excluding carboxylic acids is 1. The molecule has 6 heteroatoms. The molecule has 2 atom stereocenters. The molecule has 0 bridgehead atoms. The normalized spacial score (nSPS) is 22.1. The summed E-state index contributed by atoms with van der Waals surface area (Å²) in [6.45, 7) is 4.34. The van der Waals surface area contributed by atoms with Crippen molar-refractivity contribution in [2.24, 2.45) is 11.8 Å². The van der Waals surface area contributed by atoms with Crippen LogP contribution in [-0.2, 0) is 16.1 Å². The number of nitrogens with zero attached hydrogens (tertiary/aromatic N) is 1. The number of aromatic nitrogens is 1. The molecule has 1 aliphatic carbocycles. The van der Waals surface area contributed by atoms with Crippen molar-refractivity contribution >= 4 is 11.9 Å². The van der Waals surface area contributed by atoms with Crippen LogP contribution >= 0.6 is 0 Å². The topological polar surface area (TPSA) is 92.4 Å². The maximum Gasteiger partial charge on any atom is 0.306 e. The molecule has 110 valence electrons. The fraction of sp³-hybridized carbons (Fsp3) is 0.643. The van der Waals surface area contributed by atoms with Gasteiger partial charge in [0.2, 0.25) is 5.91 Å². The monoisotopic (exact) mass is 280 g/mol. The molecule has 0 aromatic carbocycles. The van der Waals surface area contributed by atoms with E-state index in [4.69, 9.17) is 9.63 Å². The number of hydrogen-bond donors (Lipinski definition) is 2. The highest BCUT2D eigenvalue weighted by atomic mass is 16.5. The Morgan fingerprint density at radius 2 is 2.15 bits per heavy atom. The molecule has 0 radical (unpaired) electrons. The smallest absolute Gasteiger partial charge is 0.306 e. The quantitative estimate of drug-likeness (QED) is 0.859. The predicted octanol–water partition coefficient (Wildman–Crippen LogP) is 1.92. The second-order valence-corrected chi connectivity index (χ2v) is 5.64. The van der Waals surface area contributed by atoms with Crippen LogP contribution in [0.4, 0.5) is 0 Å². The van der Waals surface area contributed by atoms with E-state index >= 15 is 0 Å². The van der Waals surface area contributed by atoms with Crippen LogP contribution in [-0.4, -0.2) is 22.1 Å². The van der Waals surface area contributed by atoms with Crippen molar-refractivity contribution < 1.29 is 19.2 Å². The molecule has 0 spiro atoms. The first-order valence-corrected chi connectivity index (χ1v) is 6.93. The number of rotatable bonds is 5. The van der Waals surface area contributed by atoms with E-state index in [1.807, 2.05) is 19.9 Å². The van der Waals surface area contributed by atoms with Crippen LogP contribution in [0.3, 0.4) is 0 Å². The molecule has 0 saturated heterocycles. The van der Waals surface area contributed by atoms with E-state index in [1.54, 1.807) is 0 Å². The van der Waals surface area contributed by atoms with E-state index in [0.717, 1.165) is 5.69 Å². The van der Waals surface area contributed by atoms with Crippen LogP contribution in [0.15, 0.2) is 10.6 Å². The number of carboxylic acids is 1. The van der Waals surface area contributed by atoms with E-state index in [1.165, 1.54) is 0 Å². The van der Waals surface area contributed by atoms with Crippen LogP contribution in [0.1, 0.15) is 50.5 Å². The lowest BCUT2D eigenvalue weighted by Crippen LogP contribution is -2.29. The van der Waals surface area contributed by atoms with E-state index in [-0.39, 0.29) is 23.7 Å². The van der Waals surface area contributed by atoms with Gasteiger partial charge in [0.15, 0.2) is 5.76 Å². The predicted molar refractivity (Wildman–Crippen MR) is 70.9 cm³/mol. The zero-order valence-electron chi connectivity index (χ0n) is 11.8. The lowest BCUT2D eigenvalue weighted by Gasteiger charge is -2.09. The van der Waals surface area contributed by atoms with Gasteiger partial charge in [-0.05, 0) is 25.2 Å². The van der Waals surface area contributed by atoms with Gasteiger partial charge in [0.1, 0.15) is 0 Å². The Morgan fingerprint density at radius 3 is 2.70 bits per heavy atom. The van der Waals surface area contributed by atoms with Gasteiger partial charge in [-0.15, -0.1) is 0 Å². The van der Waals surface area contributed by atoms with Crippen molar-refractivity contribution in [3.05, 3.63) is 17.5 Å². The average molecular weight is 280 g/mol. The van der Waals surface area contributed by atoms with Gasteiger partial charge < -0.3 is 14.9 Å². The summed E-state index contributed by atoms with van der Waals surface area (Å²) in [5, 5.41) is 15.6. The van der Waals surface area contributed by atoms with Crippen LogP contribution in [0.25, 0.3) is 0 Å². The first-order chi connectivity index (χ1) is 9.47. The molecule has 20 heavy (non-hydrogen) atoms. The summed E-state index contributed by atoms with van der Waals surface area (Å²) in [4.78, 5) is 22.8. The molecule has 0 unspecified atom stereocenters. The third kappa shape index (κ3) is 3.37. The summed E-state index contributed by atoms with van der Waals surface area (Å²) in [5.74, 6) is -0.593. The number of carboxylic acid groups (broad SMARTS) is 1. The van der Waals surface area contributed by atoms with E-state index < -0.39 is 5.97 Å². The third-order valence-corrected chi connectivity index (χ3v) is 3.76. The highest BCUT2D eigenvalue weighted by Gasteiger charge is 2.33. The Hall–Kier alpha value is -1.85. The van der Waals surface area contributed by atoms with Crippen molar-refractivity contribution in [1.82, 2.24) is 10.5 Å². The van der Waals surface area contributed by atoms with Gasteiger partial charge in [-0.1, -0.05) is 19.0 Å². The van der Waals surface area contributed by atoms with E-state index in [0.29, 0.717) is 31.6 Å². The van der Waals surface area contributed by atoms with Gasteiger partial charge in [0.25, 0.3) is 0 Å². The Morgan fingerprint density at radius 1 is 1.45 bits per heavy atom. The lowest BCUT2D eigenvalue weighted by atomic mass is 10.0. The van der Waals surface area contributed by atoms with Crippen molar-refractivity contribution in [1.29, 1.82) is 0 Å². The number of nitrogens with one attached hydrogen (secondary N) is 1. The Balaban J connectivity index is 1.82. The van der Waals surface area contributed by atoms with Crippen molar-refractivity contribution in [3.63, 3.8) is 0 Å². The Labute approximate surface area is 117 Å². The maximum atomic E-state index is 12.0. The highest BCUT2D eigenvalue weighted by Crippen LogP contribution is 2.31. The van der Waals surface area contributed by atoms with Crippen LogP contribution in [0.2, 0.25) is 0 Å². The minimum Gasteiger partial charge on any atom is -0.481 e. The number of hydrogen-bond acceptors (Lipinski definition) is 4. The molecule has 1 aromatic rings. The fourth-order valence-corrected chi connectivity index (χ4v) is 2.45. The van der Waals surface area contributed by atoms with Gasteiger partial charge in [-0.25, -0.2) is 0 Å². The fourth-order valence-electron chi connectivity index (χ4n) is 2.45. The van der Waals surface area contributed by atoms with Crippen molar-refractivity contribution in [2.75, 3.05) is 0 Å². The largest absolute Gasteiger partial charge is 0.481 e. The van der Waals surface area contributed by atoms with Crippen LogP contribution < -0.4 is 5.32 Å². The molecule has 2 rings (SSSR count). The van der Waals surface area contributed by atoms with Gasteiger partial charge in [-0.3, -0.25) is 9.59 Å². The Bertz CT molecular complexity index is 495. The van der Waals surface area contributed by atoms with Gasteiger partial charge >= 0.3 is 5.97 Å². The molecular weight excluding hydrogens is 260 g/mol. The second-order valence-electron chi connectivity index (χ2n) is 5.64. The minimum absolute atomic E-state index is 0.101. The molecule has 1 saturated carbocycles. The minimum atomic E-state index is -0.808. The molecule has 1 aliphatic rings. The highest BCUT2D eigenvalue weighted by molar-refractivity contribution is 5.80. The lowest BCUT2D eigenvalue weighted by molar-refractivity contribution is -0.141. The summed E-state index contributed by atoms with van der Waals surface area (Å²) in [7, 11) is 0. The molecule has 1 aromatic heterocycles. The average Bonchev–Trinajstić information content (AvgIpc) is 3.05. The molecule has 2 N–H and O–H groups in total. The van der Waals surface area contributed by atoms with Gasteiger partial charge in [0.05, 0.1) is 18.2 Å². The van der Waals surface area contributed by atoms with Gasteiger partial charge in [0, 0.05) is 12.0 Å². The Kier molecular flexibility index (Phi) is 4.42. The van der Waals surface area contributed by atoms with Crippen molar-refractivity contribution in [3.8, 4) is 0 Å². The van der Waals surface area contributed by atoms with E-state index in [2.05, 4.69) is 10.5 Å². The third-order valence-electron chi connectivity index (χ3n) is 3.76. The van der Waals surface area contributed by atoms with E-state index in [9.17, 15) is 9.59 Å². The van der Waals surface area contributed by atoms with Crippen LogP contribution in [0, 0.1) is 11.8 Å². The number of carbonyl (C=O) groups is 2. The standard InChI is InChI=1S/C14H20N2O4/c1-8(2)12-6-11(20-16-12)7-15-13(17)9-3-4-10(5-9)14(18)19/h6,8-10H,3-5,7H2,1-2H3,(H,15,17)(H,18,19)/t9-,10+/m0/s1. The number of aliphatic carboxylic acids is 1. The zero-order chi connectivity index (χ0) is 14.7. The second kappa shape index (κ2) is 6.07. The number of amides is 1. The first kappa shape index (κ1) is 14.6. The molecule has 1 heterocycles. The van der Waals surface area contributed by atoms with Crippen LogP contribution in [0.5, 0.6) is 0 Å². The SMILES string of the molecule is CC(C)c1cc(CNC(=O)[C@H]2CC[C@@H](C(=O)O)C2)on1. The maximum absolute atomic E-state index is 12.0. The molecule has 6 nitrogen and oxygen atoms in total. The summed E-state index contributed by atoms with van der Waals surface area (Å²) in [6, 6.07) is 1.83. The first-order valence-electron chi connectivity index (χ1n) is 6.93. The molecular formula is C14H20N2O4. The van der Waals surface area contributed by atoms with Gasteiger partial charge in [-0.2, -0.15) is 0 Å². The molecule has 1 fully saturated rings. The summed E-state index contributed by atoms with van der Waals surface area (Å²) >= 11 is 0. The summed E-state index contributed by atoms with van der Waals surface area (Å²) < 4.78 is 5.14. The zero-order valence-corrected chi connectivity index (χ0v) is 11.8. The molecule has 1 amide bonds. The summed E-state index contributed by atoms with van der Waals surface area (Å²) in [5.41, 5.74) is 0.862.